The van der Waals surface area contributed by atoms with Gasteiger partial charge < -0.3 is 4.74 Å². The molecule has 0 unspecified atom stereocenters. The lowest BCUT2D eigenvalue weighted by Crippen LogP contribution is -2.04. The Labute approximate surface area is 77.5 Å². The van der Waals surface area contributed by atoms with Gasteiger partial charge in [-0.2, -0.15) is 0 Å². The van der Waals surface area contributed by atoms with Gasteiger partial charge >= 0.3 is 0 Å². The maximum Gasteiger partial charge on any atom is 0.243 e. The zero-order valence-corrected chi connectivity index (χ0v) is 8.15. The molecule has 0 saturated heterocycles. The highest BCUT2D eigenvalue weighted by Gasteiger charge is 2.08. The van der Waals surface area contributed by atoms with Crippen LogP contribution in [0.25, 0.3) is 0 Å². The number of methoxy groups -OCH3 is 1. The van der Waals surface area contributed by atoms with Crippen molar-refractivity contribution in [2.75, 3.05) is 7.11 Å². The third-order valence-corrected chi connectivity index (χ3v) is 1.63. The van der Waals surface area contributed by atoms with E-state index in [9.17, 15) is 4.79 Å². The van der Waals surface area contributed by atoms with Gasteiger partial charge in [0.05, 0.1) is 12.7 Å². The summed E-state index contributed by atoms with van der Waals surface area (Å²) in [5.41, 5.74) is 0.503. The van der Waals surface area contributed by atoms with Crippen LogP contribution in [0, 0.1) is 5.92 Å². The van der Waals surface area contributed by atoms with Gasteiger partial charge in [0.25, 0.3) is 0 Å². The fourth-order valence-electron chi connectivity index (χ4n) is 1.13. The Bertz CT molecular complexity index is 292. The quantitative estimate of drug-likeness (QED) is 0.660. The molecule has 13 heavy (non-hydrogen) atoms. The molecule has 1 aromatic heterocycles. The summed E-state index contributed by atoms with van der Waals surface area (Å²) in [4.78, 5) is 10.6. The lowest BCUT2D eigenvalue weighted by molar-refractivity contribution is 0.112. The summed E-state index contributed by atoms with van der Waals surface area (Å²) < 4.78 is 6.66. The monoisotopic (exact) mass is 182 g/mol. The zero-order chi connectivity index (χ0) is 9.84. The Balaban J connectivity index is 2.86. The van der Waals surface area contributed by atoms with Crippen LogP contribution in [0.3, 0.4) is 0 Å². The average molecular weight is 182 g/mol. The summed E-state index contributed by atoms with van der Waals surface area (Å²) in [6.07, 6.45) is 2.45. The van der Waals surface area contributed by atoms with E-state index in [4.69, 9.17) is 4.74 Å². The molecule has 72 valence electrons. The van der Waals surface area contributed by atoms with Gasteiger partial charge in [0.1, 0.15) is 0 Å². The smallest absolute Gasteiger partial charge is 0.243 e. The standard InChI is InChI=1S/C9H14N2O2/c1-7(2)4-11-5-8(6-12)9(10-11)13-3/h5-7H,4H2,1-3H3. The maximum atomic E-state index is 10.6. The van der Waals surface area contributed by atoms with Crippen molar-refractivity contribution in [3.8, 4) is 5.88 Å². The molecular weight excluding hydrogens is 168 g/mol. The van der Waals surface area contributed by atoms with Gasteiger partial charge in [-0.15, -0.1) is 5.10 Å². The molecule has 0 radical (unpaired) electrons. The fourth-order valence-corrected chi connectivity index (χ4v) is 1.13. The van der Waals surface area contributed by atoms with E-state index < -0.39 is 0 Å². The minimum Gasteiger partial charge on any atom is -0.479 e. The molecule has 0 atom stereocenters. The normalized spacial score (nSPS) is 10.5. The average Bonchev–Trinajstić information content (AvgIpc) is 2.45. The van der Waals surface area contributed by atoms with E-state index >= 15 is 0 Å². The number of aldehydes is 1. The van der Waals surface area contributed by atoms with Gasteiger partial charge in [-0.25, -0.2) is 0 Å². The molecule has 0 spiro atoms. The first-order valence-corrected chi connectivity index (χ1v) is 4.24. The van der Waals surface area contributed by atoms with Crippen LogP contribution < -0.4 is 4.74 Å². The first-order chi connectivity index (χ1) is 6.17. The largest absolute Gasteiger partial charge is 0.479 e. The number of rotatable bonds is 4. The minimum absolute atomic E-state index is 0.399. The molecule has 0 N–H and O–H groups in total. The summed E-state index contributed by atoms with van der Waals surface area (Å²) in [7, 11) is 1.51. The topological polar surface area (TPSA) is 44.1 Å². The van der Waals surface area contributed by atoms with Gasteiger partial charge in [-0.3, -0.25) is 9.48 Å². The second kappa shape index (κ2) is 4.07. The van der Waals surface area contributed by atoms with E-state index in [0.717, 1.165) is 12.8 Å². The minimum atomic E-state index is 0.399. The molecule has 0 fully saturated rings. The molecule has 0 aliphatic carbocycles. The zero-order valence-electron chi connectivity index (χ0n) is 8.15. The van der Waals surface area contributed by atoms with Crippen molar-refractivity contribution >= 4 is 6.29 Å². The van der Waals surface area contributed by atoms with Crippen LogP contribution in [0.5, 0.6) is 5.88 Å². The molecule has 0 aliphatic heterocycles. The van der Waals surface area contributed by atoms with Crippen LogP contribution in [-0.2, 0) is 6.54 Å². The predicted molar refractivity (Wildman–Crippen MR) is 49.0 cm³/mol. The van der Waals surface area contributed by atoms with Gasteiger partial charge in [0, 0.05) is 12.7 Å². The molecular formula is C9H14N2O2. The second-order valence-electron chi connectivity index (χ2n) is 3.33. The Hall–Kier alpha value is -1.32. The van der Waals surface area contributed by atoms with Crippen molar-refractivity contribution in [3.63, 3.8) is 0 Å². The van der Waals surface area contributed by atoms with Crippen LogP contribution in [0.2, 0.25) is 0 Å². The Morgan fingerprint density at radius 3 is 2.77 bits per heavy atom. The third kappa shape index (κ3) is 2.31. The van der Waals surface area contributed by atoms with Crippen molar-refractivity contribution < 1.29 is 9.53 Å². The Morgan fingerprint density at radius 2 is 2.38 bits per heavy atom. The summed E-state index contributed by atoms with van der Waals surface area (Å²) >= 11 is 0. The number of nitrogens with zero attached hydrogens (tertiary/aromatic N) is 2. The summed E-state index contributed by atoms with van der Waals surface area (Å²) in [6.45, 7) is 4.98. The second-order valence-corrected chi connectivity index (χ2v) is 3.33. The van der Waals surface area contributed by atoms with Crippen molar-refractivity contribution in [1.82, 2.24) is 9.78 Å². The summed E-state index contributed by atoms with van der Waals surface area (Å²) in [6, 6.07) is 0. The number of hydrogen-bond donors (Lipinski definition) is 0. The van der Waals surface area contributed by atoms with Crippen LogP contribution in [0.4, 0.5) is 0 Å². The molecule has 0 bridgehead atoms. The molecule has 0 aliphatic rings. The van der Waals surface area contributed by atoms with Crippen molar-refractivity contribution in [3.05, 3.63) is 11.8 Å². The van der Waals surface area contributed by atoms with Gasteiger partial charge in [-0.05, 0) is 5.92 Å². The van der Waals surface area contributed by atoms with Gasteiger partial charge in [-0.1, -0.05) is 13.8 Å². The van der Waals surface area contributed by atoms with Crippen molar-refractivity contribution in [2.24, 2.45) is 5.92 Å². The van der Waals surface area contributed by atoms with E-state index in [1.165, 1.54) is 7.11 Å². The highest BCUT2D eigenvalue weighted by atomic mass is 16.5. The lowest BCUT2D eigenvalue weighted by Gasteiger charge is -2.02. The SMILES string of the molecule is COc1nn(CC(C)C)cc1C=O. The van der Waals surface area contributed by atoms with Crippen molar-refractivity contribution in [1.29, 1.82) is 0 Å². The van der Waals surface area contributed by atoms with E-state index in [1.54, 1.807) is 10.9 Å². The summed E-state index contributed by atoms with van der Waals surface area (Å²) in [5, 5.41) is 4.10. The molecule has 0 saturated carbocycles. The number of hydrogen-bond acceptors (Lipinski definition) is 3. The molecule has 4 nitrogen and oxygen atoms in total. The number of ether oxygens (including phenoxy) is 1. The molecule has 0 amide bonds. The van der Waals surface area contributed by atoms with Crippen molar-refractivity contribution in [2.45, 2.75) is 20.4 Å². The molecule has 1 heterocycles. The lowest BCUT2D eigenvalue weighted by atomic mass is 10.2. The number of carbonyl (C=O) groups is 1. The van der Waals surface area contributed by atoms with Gasteiger partial charge in [0.2, 0.25) is 5.88 Å². The van der Waals surface area contributed by atoms with Gasteiger partial charge in [0.15, 0.2) is 6.29 Å². The molecule has 0 aromatic carbocycles. The number of carbonyl (C=O) groups excluding carboxylic acids is 1. The number of aromatic nitrogens is 2. The highest BCUT2D eigenvalue weighted by molar-refractivity contribution is 5.77. The predicted octanol–water partition coefficient (Wildman–Crippen LogP) is 1.36. The van der Waals surface area contributed by atoms with Crippen LogP contribution in [0.15, 0.2) is 6.20 Å². The fraction of sp³-hybridized carbons (Fsp3) is 0.556. The van der Waals surface area contributed by atoms with Crippen LogP contribution in [0.1, 0.15) is 24.2 Å². The maximum absolute atomic E-state index is 10.6. The van der Waals surface area contributed by atoms with Crippen LogP contribution >= 0.6 is 0 Å². The first kappa shape index (κ1) is 9.77. The van der Waals surface area contributed by atoms with E-state index in [1.807, 2.05) is 0 Å². The Morgan fingerprint density at radius 1 is 1.69 bits per heavy atom. The van der Waals surface area contributed by atoms with Crippen LogP contribution in [-0.4, -0.2) is 23.2 Å². The summed E-state index contributed by atoms with van der Waals surface area (Å²) in [5.74, 6) is 0.903. The van der Waals surface area contributed by atoms with E-state index in [0.29, 0.717) is 17.4 Å². The molecule has 1 aromatic rings. The first-order valence-electron chi connectivity index (χ1n) is 4.24. The van der Waals surface area contributed by atoms with E-state index in [-0.39, 0.29) is 0 Å². The molecule has 4 heteroatoms. The highest BCUT2D eigenvalue weighted by Crippen LogP contribution is 2.13. The van der Waals surface area contributed by atoms with E-state index in [2.05, 4.69) is 18.9 Å². The third-order valence-electron chi connectivity index (χ3n) is 1.63. The molecule has 1 rings (SSSR count). The Kier molecular flexibility index (Phi) is 3.06.